The lowest BCUT2D eigenvalue weighted by molar-refractivity contribution is -0.122. The molecule has 0 unspecified atom stereocenters. The Kier molecular flexibility index (Phi) is 6.14. The first-order valence-electron chi connectivity index (χ1n) is 8.90. The van der Waals surface area contributed by atoms with Gasteiger partial charge >= 0.3 is 0 Å². The molecule has 1 saturated heterocycles. The Morgan fingerprint density at radius 3 is 2.26 bits per heavy atom. The minimum atomic E-state index is -0.209. The number of halogens is 1. The second-order valence-electron chi connectivity index (χ2n) is 6.58. The van der Waals surface area contributed by atoms with E-state index in [-0.39, 0.29) is 17.7 Å². The molecular weight excluding hydrogens is 362 g/mol. The Balaban J connectivity index is 1.53. The van der Waals surface area contributed by atoms with Crippen LogP contribution in [0.15, 0.2) is 54.6 Å². The van der Waals surface area contributed by atoms with Crippen molar-refractivity contribution in [3.05, 3.63) is 65.2 Å². The molecule has 3 N–H and O–H groups in total. The molecule has 0 aromatic heterocycles. The number of nitrogens with one attached hydrogen (secondary N) is 1. The fourth-order valence-corrected chi connectivity index (χ4v) is 3.23. The Labute approximate surface area is 163 Å². The van der Waals surface area contributed by atoms with Crippen molar-refractivity contribution in [1.29, 1.82) is 0 Å². The van der Waals surface area contributed by atoms with Crippen LogP contribution in [0.3, 0.4) is 0 Å². The number of nitrogens with two attached hydrogens (primary N) is 1. The van der Waals surface area contributed by atoms with Gasteiger partial charge in [-0.05, 0) is 60.9 Å². The lowest BCUT2D eigenvalue weighted by atomic mass is 9.96. The van der Waals surface area contributed by atoms with Crippen molar-refractivity contribution in [2.24, 2.45) is 11.7 Å². The number of carbonyl (C=O) groups excluding carboxylic acids is 2. The molecule has 2 amide bonds. The van der Waals surface area contributed by atoms with Crippen LogP contribution >= 0.6 is 11.6 Å². The van der Waals surface area contributed by atoms with Gasteiger partial charge in [-0.3, -0.25) is 9.59 Å². The van der Waals surface area contributed by atoms with E-state index < -0.39 is 0 Å². The smallest absolute Gasteiger partial charge is 0.248 e. The summed E-state index contributed by atoms with van der Waals surface area (Å²) < 4.78 is 0. The van der Waals surface area contributed by atoms with E-state index in [0.29, 0.717) is 5.02 Å². The number of anilines is 2. The quantitative estimate of drug-likeness (QED) is 0.773. The number of carbonyl (C=O) groups is 2. The standard InChI is InChI=1S/C21H22ClN3O2/c22-17-4-1-15(2-5-17)3-10-20(26)24-18-6-8-19(9-7-18)25-13-11-16(12-14-25)21(23)27/h1-10,16H,11-14H2,(H2,23,27)(H,24,26). The van der Waals surface area contributed by atoms with Crippen LogP contribution in [-0.2, 0) is 9.59 Å². The first-order valence-corrected chi connectivity index (χ1v) is 9.28. The molecule has 1 aliphatic heterocycles. The molecule has 1 heterocycles. The van der Waals surface area contributed by atoms with E-state index in [2.05, 4.69) is 10.2 Å². The number of piperidine rings is 1. The van der Waals surface area contributed by atoms with Gasteiger partial charge in [-0.1, -0.05) is 23.7 Å². The molecule has 0 saturated carbocycles. The summed E-state index contributed by atoms with van der Waals surface area (Å²) in [6.07, 6.45) is 4.79. The number of amides is 2. The Morgan fingerprint density at radius 2 is 1.67 bits per heavy atom. The summed E-state index contributed by atoms with van der Waals surface area (Å²) in [7, 11) is 0. The number of benzene rings is 2. The highest BCUT2D eigenvalue weighted by atomic mass is 35.5. The van der Waals surface area contributed by atoms with Crippen LogP contribution in [0.4, 0.5) is 11.4 Å². The fraction of sp³-hybridized carbons (Fsp3) is 0.238. The topological polar surface area (TPSA) is 75.4 Å². The Morgan fingerprint density at radius 1 is 1.04 bits per heavy atom. The molecule has 1 fully saturated rings. The maximum atomic E-state index is 12.1. The second-order valence-corrected chi connectivity index (χ2v) is 7.02. The van der Waals surface area contributed by atoms with Crippen LogP contribution in [-0.4, -0.2) is 24.9 Å². The zero-order valence-corrected chi connectivity index (χ0v) is 15.7. The molecule has 2 aromatic carbocycles. The lowest BCUT2D eigenvalue weighted by Crippen LogP contribution is -2.38. The summed E-state index contributed by atoms with van der Waals surface area (Å²) in [5, 5.41) is 3.51. The molecule has 0 aliphatic carbocycles. The summed E-state index contributed by atoms with van der Waals surface area (Å²) >= 11 is 5.84. The van der Waals surface area contributed by atoms with E-state index in [1.165, 1.54) is 6.08 Å². The van der Waals surface area contributed by atoms with Gasteiger partial charge in [0.25, 0.3) is 0 Å². The molecule has 3 rings (SSSR count). The third-order valence-corrected chi connectivity index (χ3v) is 4.95. The monoisotopic (exact) mass is 383 g/mol. The predicted molar refractivity (Wildman–Crippen MR) is 110 cm³/mol. The molecule has 0 atom stereocenters. The molecule has 27 heavy (non-hydrogen) atoms. The van der Waals surface area contributed by atoms with Crippen LogP contribution in [0.25, 0.3) is 6.08 Å². The number of primary amides is 1. The van der Waals surface area contributed by atoms with Crippen molar-refractivity contribution in [3.63, 3.8) is 0 Å². The van der Waals surface area contributed by atoms with Gasteiger partial charge in [-0.25, -0.2) is 0 Å². The molecule has 6 heteroatoms. The zero-order chi connectivity index (χ0) is 19.2. The summed E-state index contributed by atoms with van der Waals surface area (Å²) in [4.78, 5) is 25.5. The van der Waals surface area contributed by atoms with Crippen molar-refractivity contribution in [2.75, 3.05) is 23.3 Å². The molecule has 0 radical (unpaired) electrons. The average molecular weight is 384 g/mol. The molecule has 0 bridgehead atoms. The van der Waals surface area contributed by atoms with E-state index in [1.807, 2.05) is 36.4 Å². The third kappa shape index (κ3) is 5.34. The van der Waals surface area contributed by atoms with Gasteiger partial charge in [0.05, 0.1) is 0 Å². The number of hydrogen-bond donors (Lipinski definition) is 2. The minimum absolute atomic E-state index is 0.0211. The van der Waals surface area contributed by atoms with Crippen LogP contribution in [0, 0.1) is 5.92 Å². The van der Waals surface area contributed by atoms with E-state index in [0.717, 1.165) is 42.9 Å². The van der Waals surface area contributed by atoms with Crippen molar-refractivity contribution in [2.45, 2.75) is 12.8 Å². The van der Waals surface area contributed by atoms with Gasteiger partial charge in [0.15, 0.2) is 0 Å². The number of nitrogens with zero attached hydrogens (tertiary/aromatic N) is 1. The first-order chi connectivity index (χ1) is 13.0. The van der Waals surface area contributed by atoms with Gasteiger partial charge in [0.1, 0.15) is 0 Å². The van der Waals surface area contributed by atoms with Gasteiger partial charge in [0, 0.05) is 41.5 Å². The molecule has 5 nitrogen and oxygen atoms in total. The average Bonchev–Trinajstić information content (AvgIpc) is 2.68. The normalized spacial score (nSPS) is 15.1. The number of rotatable bonds is 5. The highest BCUT2D eigenvalue weighted by molar-refractivity contribution is 6.30. The van der Waals surface area contributed by atoms with E-state index in [9.17, 15) is 9.59 Å². The van der Waals surface area contributed by atoms with Gasteiger partial charge < -0.3 is 16.0 Å². The number of hydrogen-bond acceptors (Lipinski definition) is 3. The van der Waals surface area contributed by atoms with Crippen molar-refractivity contribution >= 4 is 40.9 Å². The van der Waals surface area contributed by atoms with Crippen LogP contribution < -0.4 is 16.0 Å². The lowest BCUT2D eigenvalue weighted by Gasteiger charge is -2.32. The molecular formula is C21H22ClN3O2. The van der Waals surface area contributed by atoms with Crippen LogP contribution in [0.1, 0.15) is 18.4 Å². The first kappa shape index (κ1) is 19.0. The summed E-state index contributed by atoms with van der Waals surface area (Å²) in [5.74, 6) is -0.424. The van der Waals surface area contributed by atoms with E-state index in [4.69, 9.17) is 17.3 Å². The summed E-state index contributed by atoms with van der Waals surface area (Å²) in [6.45, 7) is 1.62. The summed E-state index contributed by atoms with van der Waals surface area (Å²) in [5.41, 5.74) is 8.09. The van der Waals surface area contributed by atoms with Gasteiger partial charge in [0.2, 0.25) is 11.8 Å². The largest absolute Gasteiger partial charge is 0.371 e. The Hall–Kier alpha value is -2.79. The molecule has 140 valence electrons. The van der Waals surface area contributed by atoms with E-state index >= 15 is 0 Å². The van der Waals surface area contributed by atoms with Crippen molar-refractivity contribution < 1.29 is 9.59 Å². The molecule has 0 spiro atoms. The van der Waals surface area contributed by atoms with Crippen molar-refractivity contribution in [1.82, 2.24) is 0 Å². The van der Waals surface area contributed by atoms with Crippen LogP contribution in [0.2, 0.25) is 5.02 Å². The third-order valence-electron chi connectivity index (χ3n) is 4.69. The maximum absolute atomic E-state index is 12.1. The maximum Gasteiger partial charge on any atom is 0.248 e. The highest BCUT2D eigenvalue weighted by Crippen LogP contribution is 2.24. The SMILES string of the molecule is NC(=O)C1CCN(c2ccc(NC(=O)C=Cc3ccc(Cl)cc3)cc2)CC1. The molecule has 1 aliphatic rings. The van der Waals surface area contributed by atoms with Gasteiger partial charge in [-0.15, -0.1) is 0 Å². The minimum Gasteiger partial charge on any atom is -0.371 e. The van der Waals surface area contributed by atoms with E-state index in [1.54, 1.807) is 18.2 Å². The highest BCUT2D eigenvalue weighted by Gasteiger charge is 2.23. The summed E-state index contributed by atoms with van der Waals surface area (Å²) in [6, 6.07) is 15.0. The Bertz CT molecular complexity index is 824. The molecule has 2 aromatic rings. The zero-order valence-electron chi connectivity index (χ0n) is 14.9. The van der Waals surface area contributed by atoms with Gasteiger partial charge in [-0.2, -0.15) is 0 Å². The van der Waals surface area contributed by atoms with Crippen LogP contribution in [0.5, 0.6) is 0 Å². The van der Waals surface area contributed by atoms with Crippen molar-refractivity contribution in [3.8, 4) is 0 Å². The second kappa shape index (κ2) is 8.73. The predicted octanol–water partition coefficient (Wildman–Crippen LogP) is 3.69. The fourth-order valence-electron chi connectivity index (χ4n) is 3.11.